The molecule has 3 heteroatoms. The Hall–Kier alpha value is -0.0500. The zero-order chi connectivity index (χ0) is 8.55. The summed E-state index contributed by atoms with van der Waals surface area (Å²) in [5.41, 5.74) is 2.91. The van der Waals surface area contributed by atoms with Crippen LogP contribution in [0.4, 0.5) is 0 Å². The summed E-state index contributed by atoms with van der Waals surface area (Å²) in [6, 6.07) is 7.06. The highest BCUT2D eigenvalue weighted by Crippen LogP contribution is 2.24. The van der Waals surface area contributed by atoms with Crippen LogP contribution >= 0.6 is 28.3 Å². The Morgan fingerprint density at radius 3 is 3.00 bits per heavy atom. The van der Waals surface area contributed by atoms with Crippen molar-refractivity contribution in [2.45, 2.75) is 25.9 Å². The highest BCUT2D eigenvalue weighted by molar-refractivity contribution is 9.10. The molecule has 1 aromatic rings. The van der Waals surface area contributed by atoms with Crippen LogP contribution in [-0.4, -0.2) is 6.04 Å². The lowest BCUT2D eigenvalue weighted by Crippen LogP contribution is -2.32. The van der Waals surface area contributed by atoms with E-state index in [1.54, 1.807) is 0 Å². The van der Waals surface area contributed by atoms with E-state index in [1.807, 2.05) is 0 Å². The van der Waals surface area contributed by atoms with Crippen LogP contribution in [0, 0.1) is 0 Å². The van der Waals surface area contributed by atoms with Crippen LogP contribution in [0.3, 0.4) is 0 Å². The van der Waals surface area contributed by atoms with Crippen molar-refractivity contribution in [1.82, 2.24) is 5.32 Å². The van der Waals surface area contributed by atoms with Gasteiger partial charge in [0.05, 0.1) is 0 Å². The average Bonchev–Trinajstić information content (AvgIpc) is 2.04. The summed E-state index contributed by atoms with van der Waals surface area (Å²) in [5, 5.41) is 3.45. The smallest absolute Gasteiger partial charge is 0.0223 e. The second-order valence-corrected chi connectivity index (χ2v) is 4.22. The molecule has 1 aliphatic heterocycles. The molecular weight excluding hydrogens is 249 g/mol. The first-order chi connectivity index (χ1) is 5.77. The van der Waals surface area contributed by atoms with Crippen molar-refractivity contribution < 1.29 is 0 Å². The van der Waals surface area contributed by atoms with Crippen molar-refractivity contribution in [3.05, 3.63) is 33.8 Å². The van der Waals surface area contributed by atoms with Gasteiger partial charge in [-0.05, 0) is 30.5 Å². The molecule has 1 N–H and O–H groups in total. The maximum absolute atomic E-state index is 3.56. The summed E-state index contributed by atoms with van der Waals surface area (Å²) in [6.07, 6.45) is 1.15. The van der Waals surface area contributed by atoms with Crippen LogP contribution in [0.25, 0.3) is 0 Å². The number of hydrogen-bond acceptors (Lipinski definition) is 1. The van der Waals surface area contributed by atoms with Crippen molar-refractivity contribution in [3.8, 4) is 0 Å². The Balaban J connectivity index is 0.000000845. The van der Waals surface area contributed by atoms with Crippen LogP contribution < -0.4 is 5.32 Å². The van der Waals surface area contributed by atoms with E-state index >= 15 is 0 Å². The predicted molar refractivity (Wildman–Crippen MR) is 61.4 cm³/mol. The third kappa shape index (κ3) is 2.25. The zero-order valence-electron chi connectivity index (χ0n) is 7.51. The Bertz CT molecular complexity index is 301. The number of hydrogen-bond donors (Lipinski definition) is 1. The summed E-state index contributed by atoms with van der Waals surface area (Å²) in [4.78, 5) is 0. The summed E-state index contributed by atoms with van der Waals surface area (Å²) in [7, 11) is 0. The Morgan fingerprint density at radius 1 is 1.46 bits per heavy atom. The molecule has 0 amide bonds. The van der Waals surface area contributed by atoms with Crippen LogP contribution in [0.5, 0.6) is 0 Å². The van der Waals surface area contributed by atoms with E-state index in [1.165, 1.54) is 15.6 Å². The van der Waals surface area contributed by atoms with E-state index in [0.29, 0.717) is 6.04 Å². The molecule has 13 heavy (non-hydrogen) atoms. The molecule has 1 atom stereocenters. The molecule has 0 bridgehead atoms. The minimum absolute atomic E-state index is 0. The molecule has 0 aromatic heterocycles. The first-order valence-electron chi connectivity index (χ1n) is 4.27. The van der Waals surface area contributed by atoms with Gasteiger partial charge in [-0.1, -0.05) is 28.1 Å². The highest BCUT2D eigenvalue weighted by atomic mass is 79.9. The molecule has 0 spiro atoms. The molecular formula is C10H13BrClN. The SMILES string of the molecule is CC1Cc2cccc(Br)c2CN1.Cl. The summed E-state index contributed by atoms with van der Waals surface area (Å²) < 4.78 is 1.24. The third-order valence-electron chi connectivity index (χ3n) is 2.37. The average molecular weight is 263 g/mol. The maximum Gasteiger partial charge on any atom is 0.0223 e. The van der Waals surface area contributed by atoms with Gasteiger partial charge < -0.3 is 5.32 Å². The third-order valence-corrected chi connectivity index (χ3v) is 3.11. The molecule has 1 unspecified atom stereocenters. The topological polar surface area (TPSA) is 12.0 Å². The molecule has 0 saturated heterocycles. The number of fused-ring (bicyclic) bond motifs is 1. The first kappa shape index (κ1) is 11.0. The summed E-state index contributed by atoms with van der Waals surface area (Å²) >= 11 is 3.56. The molecule has 1 nitrogen and oxygen atoms in total. The molecule has 1 heterocycles. The molecule has 72 valence electrons. The first-order valence-corrected chi connectivity index (χ1v) is 5.06. The van der Waals surface area contributed by atoms with Crippen molar-refractivity contribution in [2.24, 2.45) is 0 Å². The lowest BCUT2D eigenvalue weighted by atomic mass is 9.97. The highest BCUT2D eigenvalue weighted by Gasteiger charge is 2.15. The van der Waals surface area contributed by atoms with Gasteiger partial charge >= 0.3 is 0 Å². The van der Waals surface area contributed by atoms with Crippen molar-refractivity contribution in [3.63, 3.8) is 0 Å². The van der Waals surface area contributed by atoms with Gasteiger partial charge in [-0.25, -0.2) is 0 Å². The van der Waals surface area contributed by atoms with E-state index in [9.17, 15) is 0 Å². The Labute approximate surface area is 93.5 Å². The van der Waals surface area contributed by atoms with Gasteiger partial charge in [0.2, 0.25) is 0 Å². The van der Waals surface area contributed by atoms with Gasteiger partial charge in [0.25, 0.3) is 0 Å². The molecule has 0 radical (unpaired) electrons. The van der Waals surface area contributed by atoms with E-state index < -0.39 is 0 Å². The van der Waals surface area contributed by atoms with E-state index in [4.69, 9.17) is 0 Å². The summed E-state index contributed by atoms with van der Waals surface area (Å²) in [5.74, 6) is 0. The lowest BCUT2D eigenvalue weighted by molar-refractivity contribution is 0.512. The fourth-order valence-electron chi connectivity index (χ4n) is 1.67. The molecule has 1 aliphatic rings. The van der Waals surface area contributed by atoms with Crippen LogP contribution in [0.15, 0.2) is 22.7 Å². The Kier molecular flexibility index (Phi) is 3.77. The van der Waals surface area contributed by atoms with Gasteiger partial charge in [-0.15, -0.1) is 12.4 Å². The Morgan fingerprint density at radius 2 is 2.23 bits per heavy atom. The van der Waals surface area contributed by atoms with Gasteiger partial charge in [0.15, 0.2) is 0 Å². The monoisotopic (exact) mass is 261 g/mol. The fourth-order valence-corrected chi connectivity index (χ4v) is 2.22. The molecule has 0 fully saturated rings. The second kappa shape index (κ2) is 4.45. The van der Waals surface area contributed by atoms with Gasteiger partial charge in [0.1, 0.15) is 0 Å². The van der Waals surface area contributed by atoms with Crippen LogP contribution in [0.2, 0.25) is 0 Å². The van der Waals surface area contributed by atoms with Gasteiger partial charge in [0, 0.05) is 17.1 Å². The minimum atomic E-state index is 0. The van der Waals surface area contributed by atoms with E-state index in [0.717, 1.165) is 13.0 Å². The lowest BCUT2D eigenvalue weighted by Gasteiger charge is -2.23. The molecule has 1 aromatic carbocycles. The second-order valence-electron chi connectivity index (χ2n) is 3.36. The quantitative estimate of drug-likeness (QED) is 0.758. The van der Waals surface area contributed by atoms with Crippen LogP contribution in [0.1, 0.15) is 18.1 Å². The molecule has 0 saturated carbocycles. The number of benzene rings is 1. The normalized spacial score (nSPS) is 20.3. The molecule has 2 rings (SSSR count). The summed E-state index contributed by atoms with van der Waals surface area (Å²) in [6.45, 7) is 3.22. The minimum Gasteiger partial charge on any atom is -0.310 e. The van der Waals surface area contributed by atoms with Crippen molar-refractivity contribution in [2.75, 3.05) is 0 Å². The van der Waals surface area contributed by atoms with E-state index in [2.05, 4.69) is 46.4 Å². The van der Waals surface area contributed by atoms with Crippen molar-refractivity contribution in [1.29, 1.82) is 0 Å². The maximum atomic E-state index is 3.56. The van der Waals surface area contributed by atoms with Crippen molar-refractivity contribution >= 4 is 28.3 Å². The fraction of sp³-hybridized carbons (Fsp3) is 0.400. The van der Waals surface area contributed by atoms with Gasteiger partial charge in [-0.3, -0.25) is 0 Å². The number of rotatable bonds is 0. The number of nitrogens with one attached hydrogen (secondary N) is 1. The van der Waals surface area contributed by atoms with E-state index in [-0.39, 0.29) is 12.4 Å². The predicted octanol–water partition coefficient (Wildman–Crippen LogP) is 2.91. The number of halogens is 2. The van der Waals surface area contributed by atoms with Crippen LogP contribution in [-0.2, 0) is 13.0 Å². The van der Waals surface area contributed by atoms with Gasteiger partial charge in [-0.2, -0.15) is 0 Å². The zero-order valence-corrected chi connectivity index (χ0v) is 9.91. The largest absolute Gasteiger partial charge is 0.310 e. The molecule has 0 aliphatic carbocycles. The standard InChI is InChI=1S/C10H12BrN.ClH/c1-7-5-8-3-2-4-10(11)9(8)6-12-7;/h2-4,7,12H,5-6H2,1H3;1H.